The van der Waals surface area contributed by atoms with E-state index in [2.05, 4.69) is 23.3 Å². The molecule has 1 aromatic carbocycles. The van der Waals surface area contributed by atoms with Crippen LogP contribution in [0.1, 0.15) is 61.5 Å². The average molecular weight is 342 g/mol. The molecule has 0 aliphatic heterocycles. The van der Waals surface area contributed by atoms with Crippen molar-refractivity contribution in [3.8, 4) is 17.5 Å². The first kappa shape index (κ1) is 18.5. The molecule has 0 spiro atoms. The summed E-state index contributed by atoms with van der Waals surface area (Å²) in [5.74, 6) is -0.621. The summed E-state index contributed by atoms with van der Waals surface area (Å²) in [5, 5.41) is 25.5. The van der Waals surface area contributed by atoms with Gasteiger partial charge in [0.25, 0.3) is 0 Å². The van der Waals surface area contributed by atoms with Gasteiger partial charge in [0.1, 0.15) is 11.8 Å². The van der Waals surface area contributed by atoms with E-state index in [9.17, 15) is 10.1 Å². The molecule has 0 amide bonds. The van der Waals surface area contributed by atoms with Crippen LogP contribution in [0.25, 0.3) is 5.69 Å². The van der Waals surface area contributed by atoms with Crippen LogP contribution in [0.5, 0.6) is 5.75 Å². The van der Waals surface area contributed by atoms with Crippen molar-refractivity contribution >= 4 is 5.97 Å². The number of nitrogens with zero attached hydrogens (tertiary/aromatic N) is 4. The Morgan fingerprint density at radius 3 is 2.72 bits per heavy atom. The van der Waals surface area contributed by atoms with Crippen molar-refractivity contribution in [2.75, 3.05) is 6.61 Å². The van der Waals surface area contributed by atoms with E-state index < -0.39 is 5.97 Å². The van der Waals surface area contributed by atoms with Crippen LogP contribution < -0.4 is 4.74 Å². The Bertz CT molecular complexity index is 749. The molecule has 132 valence electrons. The monoisotopic (exact) mass is 342 g/mol. The number of carboxylic acid groups (broad SMARTS) is 1. The molecule has 1 aromatic heterocycles. The molecule has 25 heavy (non-hydrogen) atoms. The van der Waals surface area contributed by atoms with Gasteiger partial charge >= 0.3 is 5.97 Å². The number of ether oxygens (including phenoxy) is 1. The number of hydrogen-bond acceptors (Lipinski definition) is 5. The van der Waals surface area contributed by atoms with Gasteiger partial charge in [-0.05, 0) is 24.6 Å². The van der Waals surface area contributed by atoms with Crippen LogP contribution in [-0.4, -0.2) is 32.7 Å². The van der Waals surface area contributed by atoms with Gasteiger partial charge in [-0.1, -0.05) is 44.2 Å². The summed E-state index contributed by atoms with van der Waals surface area (Å²) in [7, 11) is 0. The van der Waals surface area contributed by atoms with E-state index in [0.717, 1.165) is 12.8 Å². The minimum atomic E-state index is -1.15. The second-order valence-electron chi connectivity index (χ2n) is 5.76. The molecule has 0 aliphatic carbocycles. The van der Waals surface area contributed by atoms with E-state index in [1.807, 2.05) is 0 Å². The molecule has 0 saturated carbocycles. The van der Waals surface area contributed by atoms with Gasteiger partial charge in [0.05, 0.1) is 24.1 Å². The Labute approximate surface area is 146 Å². The Morgan fingerprint density at radius 2 is 2.04 bits per heavy atom. The summed E-state index contributed by atoms with van der Waals surface area (Å²) in [6.45, 7) is 2.77. The van der Waals surface area contributed by atoms with Crippen molar-refractivity contribution in [1.82, 2.24) is 15.0 Å². The molecular weight excluding hydrogens is 320 g/mol. The third-order valence-electron chi connectivity index (χ3n) is 3.82. The lowest BCUT2D eigenvalue weighted by molar-refractivity contribution is 0.0690. The van der Waals surface area contributed by atoms with Gasteiger partial charge in [0.2, 0.25) is 0 Å². The molecule has 0 aliphatic rings. The maximum Gasteiger partial charge on any atom is 0.358 e. The van der Waals surface area contributed by atoms with Gasteiger partial charge in [-0.2, -0.15) is 5.26 Å². The third-order valence-corrected chi connectivity index (χ3v) is 3.82. The Balaban J connectivity index is 1.95. The third kappa shape index (κ3) is 5.31. The maximum absolute atomic E-state index is 10.9. The quantitative estimate of drug-likeness (QED) is 0.662. The molecule has 0 atom stereocenters. The first-order chi connectivity index (χ1) is 12.2. The molecule has 0 radical (unpaired) electrons. The lowest BCUT2D eigenvalue weighted by Gasteiger charge is -2.09. The number of aromatic nitrogens is 3. The van der Waals surface area contributed by atoms with Crippen LogP contribution in [0.3, 0.4) is 0 Å². The molecule has 0 bridgehead atoms. The number of carboxylic acids is 1. The predicted octanol–water partition coefficient (Wildman–Crippen LogP) is 3.58. The summed E-state index contributed by atoms with van der Waals surface area (Å²) in [6.07, 6.45) is 8.35. The van der Waals surface area contributed by atoms with Crippen LogP contribution in [0, 0.1) is 11.3 Å². The maximum atomic E-state index is 10.9. The van der Waals surface area contributed by atoms with Crippen LogP contribution in [0.4, 0.5) is 0 Å². The van der Waals surface area contributed by atoms with Crippen LogP contribution >= 0.6 is 0 Å². The van der Waals surface area contributed by atoms with E-state index in [1.54, 1.807) is 18.2 Å². The zero-order valence-electron chi connectivity index (χ0n) is 14.3. The minimum Gasteiger partial charge on any atom is -0.492 e. The Kier molecular flexibility index (Phi) is 6.96. The topological polar surface area (TPSA) is 101 Å². The first-order valence-electron chi connectivity index (χ1n) is 8.48. The van der Waals surface area contributed by atoms with Crippen LogP contribution in [-0.2, 0) is 0 Å². The van der Waals surface area contributed by atoms with Gasteiger partial charge < -0.3 is 9.84 Å². The van der Waals surface area contributed by atoms with Crippen molar-refractivity contribution in [1.29, 1.82) is 5.26 Å². The van der Waals surface area contributed by atoms with Crippen molar-refractivity contribution < 1.29 is 14.6 Å². The molecule has 1 heterocycles. The number of nitriles is 1. The number of benzene rings is 1. The number of hydrogen-bond donors (Lipinski definition) is 1. The standard InChI is InChI=1S/C18H22N4O3/c1-2-3-4-5-6-7-10-25-17-9-8-15(11-14(17)12-19)22-13-16(18(23)24)20-21-22/h8-9,11,13H,2-7,10H2,1H3,(H,23,24). The van der Waals surface area contributed by atoms with Crippen molar-refractivity contribution in [3.05, 3.63) is 35.7 Å². The molecule has 1 N–H and O–H groups in total. The van der Waals surface area contributed by atoms with Crippen LogP contribution in [0.2, 0.25) is 0 Å². The highest BCUT2D eigenvalue weighted by atomic mass is 16.5. The lowest BCUT2D eigenvalue weighted by atomic mass is 10.1. The number of unbranched alkanes of at least 4 members (excludes halogenated alkanes) is 5. The highest BCUT2D eigenvalue weighted by Gasteiger charge is 2.11. The molecule has 2 rings (SSSR count). The zero-order valence-corrected chi connectivity index (χ0v) is 14.3. The lowest BCUT2D eigenvalue weighted by Crippen LogP contribution is -2.01. The molecule has 0 unspecified atom stereocenters. The summed E-state index contributed by atoms with van der Waals surface area (Å²) in [4.78, 5) is 10.9. The van der Waals surface area contributed by atoms with Crippen molar-refractivity contribution in [2.24, 2.45) is 0 Å². The highest BCUT2D eigenvalue weighted by Crippen LogP contribution is 2.22. The number of aromatic carboxylic acids is 1. The Hall–Kier alpha value is -2.88. The highest BCUT2D eigenvalue weighted by molar-refractivity contribution is 5.84. The molecule has 2 aromatic rings. The second-order valence-corrected chi connectivity index (χ2v) is 5.76. The van der Waals surface area contributed by atoms with Crippen molar-refractivity contribution in [2.45, 2.75) is 45.4 Å². The average Bonchev–Trinajstić information content (AvgIpc) is 3.11. The van der Waals surface area contributed by atoms with Gasteiger partial charge in [-0.25, -0.2) is 9.48 Å². The summed E-state index contributed by atoms with van der Waals surface area (Å²) >= 11 is 0. The molecule has 7 nitrogen and oxygen atoms in total. The Morgan fingerprint density at radius 1 is 1.28 bits per heavy atom. The summed E-state index contributed by atoms with van der Waals surface area (Å²) in [6, 6.07) is 7.13. The van der Waals surface area contributed by atoms with E-state index in [4.69, 9.17) is 9.84 Å². The smallest absolute Gasteiger partial charge is 0.358 e. The summed E-state index contributed by atoms with van der Waals surface area (Å²) in [5.41, 5.74) is 0.793. The van der Waals surface area contributed by atoms with Crippen LogP contribution in [0.15, 0.2) is 24.4 Å². The first-order valence-corrected chi connectivity index (χ1v) is 8.48. The number of carbonyl (C=O) groups is 1. The fraction of sp³-hybridized carbons (Fsp3) is 0.444. The van der Waals surface area contributed by atoms with E-state index >= 15 is 0 Å². The minimum absolute atomic E-state index is 0.151. The fourth-order valence-electron chi connectivity index (χ4n) is 2.43. The molecule has 0 fully saturated rings. The molecule has 7 heteroatoms. The second kappa shape index (κ2) is 9.42. The predicted molar refractivity (Wildman–Crippen MR) is 91.9 cm³/mol. The van der Waals surface area contributed by atoms with Gasteiger partial charge in [-0.3, -0.25) is 0 Å². The van der Waals surface area contributed by atoms with E-state index in [-0.39, 0.29) is 5.69 Å². The molecule has 0 saturated heterocycles. The van der Waals surface area contributed by atoms with Crippen molar-refractivity contribution in [3.63, 3.8) is 0 Å². The largest absolute Gasteiger partial charge is 0.492 e. The zero-order chi connectivity index (χ0) is 18.1. The van der Waals surface area contributed by atoms with Gasteiger partial charge in [0, 0.05) is 0 Å². The summed E-state index contributed by atoms with van der Waals surface area (Å²) < 4.78 is 7.03. The van der Waals surface area contributed by atoms with Gasteiger partial charge in [-0.15, -0.1) is 5.10 Å². The normalized spacial score (nSPS) is 10.4. The van der Waals surface area contributed by atoms with Gasteiger partial charge in [0.15, 0.2) is 5.69 Å². The molecular formula is C18H22N4O3. The number of rotatable bonds is 10. The van der Waals surface area contributed by atoms with E-state index in [1.165, 1.54) is 36.6 Å². The van der Waals surface area contributed by atoms with E-state index in [0.29, 0.717) is 23.6 Å². The fourth-order valence-corrected chi connectivity index (χ4v) is 2.43. The SMILES string of the molecule is CCCCCCCCOc1ccc(-n2cc(C(=O)O)nn2)cc1C#N.